The number of carbonyl (C=O) groups excluding carboxylic acids is 1. The van der Waals surface area contributed by atoms with Crippen molar-refractivity contribution >= 4 is 51.0 Å². The molecule has 3 rings (SSSR count). The Kier molecular flexibility index (Phi) is 8.38. The Morgan fingerprint density at radius 2 is 1.71 bits per heavy atom. The van der Waals surface area contributed by atoms with E-state index in [2.05, 4.69) is 10.5 Å². The fourth-order valence-electron chi connectivity index (χ4n) is 3.06. The smallest absolute Gasteiger partial charge is 0.264 e. The van der Waals surface area contributed by atoms with Crippen LogP contribution >= 0.6 is 23.2 Å². The first-order chi connectivity index (χ1) is 16.3. The van der Waals surface area contributed by atoms with Crippen LogP contribution in [0.3, 0.4) is 0 Å². The first-order valence-electron chi connectivity index (χ1n) is 9.84. The van der Waals surface area contributed by atoms with Gasteiger partial charge in [-0.25, -0.2) is 13.8 Å². The minimum Gasteiger partial charge on any atom is -0.493 e. The second-order valence-corrected chi connectivity index (χ2v) is 9.42. The number of nitrogens with zero attached hydrogens (tertiary/aromatic N) is 2. The van der Waals surface area contributed by atoms with E-state index in [0.717, 1.165) is 4.31 Å². The summed E-state index contributed by atoms with van der Waals surface area (Å²) in [5.41, 5.74) is 2.94. The molecule has 0 heterocycles. The molecule has 0 fully saturated rings. The highest BCUT2D eigenvalue weighted by Crippen LogP contribution is 2.35. The molecule has 0 radical (unpaired) electrons. The zero-order chi connectivity index (χ0) is 24.7. The topological polar surface area (TPSA) is 97.3 Å². The molecule has 0 aliphatic rings. The summed E-state index contributed by atoms with van der Waals surface area (Å²) < 4.78 is 38.2. The number of benzene rings is 3. The Morgan fingerprint density at radius 1 is 1.00 bits per heavy atom. The van der Waals surface area contributed by atoms with Gasteiger partial charge in [0.2, 0.25) is 0 Å². The van der Waals surface area contributed by atoms with Gasteiger partial charge >= 0.3 is 0 Å². The molecule has 8 nitrogen and oxygen atoms in total. The standard InChI is InChI=1S/C23H21Cl2N3O5S/c1-32-20-13-6-8-16(23(20)33-2)14-26-27-21(29)15-28(19-12-7-11-18(24)22(19)25)34(30,31)17-9-4-3-5-10-17/h3-14H,15H2,1-2H3,(H,27,29)/b26-14+. The molecule has 0 aliphatic carbocycles. The lowest BCUT2D eigenvalue weighted by atomic mass is 10.2. The molecule has 3 aromatic carbocycles. The number of amides is 1. The van der Waals surface area contributed by atoms with Crippen LogP contribution in [0.5, 0.6) is 11.5 Å². The van der Waals surface area contributed by atoms with Gasteiger partial charge in [-0.1, -0.05) is 53.5 Å². The van der Waals surface area contributed by atoms with Crippen molar-refractivity contribution in [2.75, 3.05) is 25.1 Å². The number of hydrogen-bond donors (Lipinski definition) is 1. The molecular weight excluding hydrogens is 501 g/mol. The molecule has 178 valence electrons. The lowest BCUT2D eigenvalue weighted by Gasteiger charge is -2.24. The van der Waals surface area contributed by atoms with Gasteiger partial charge in [-0.2, -0.15) is 5.10 Å². The minimum absolute atomic E-state index is 0.00101. The van der Waals surface area contributed by atoms with E-state index >= 15 is 0 Å². The van der Waals surface area contributed by atoms with E-state index in [1.165, 1.54) is 44.7 Å². The molecule has 0 unspecified atom stereocenters. The number of hydrogen-bond acceptors (Lipinski definition) is 6. The number of sulfonamides is 1. The third kappa shape index (κ3) is 5.61. The summed E-state index contributed by atoms with van der Waals surface area (Å²) in [6.07, 6.45) is 1.36. The molecule has 0 aliphatic heterocycles. The zero-order valence-corrected chi connectivity index (χ0v) is 20.6. The second kappa shape index (κ2) is 11.2. The Morgan fingerprint density at radius 3 is 2.38 bits per heavy atom. The van der Waals surface area contributed by atoms with Gasteiger partial charge < -0.3 is 9.47 Å². The van der Waals surface area contributed by atoms with E-state index in [4.69, 9.17) is 32.7 Å². The van der Waals surface area contributed by atoms with Crippen LogP contribution in [0.4, 0.5) is 5.69 Å². The number of halogens is 2. The summed E-state index contributed by atoms with van der Waals surface area (Å²) in [6, 6.07) is 17.4. The van der Waals surface area contributed by atoms with E-state index in [1.54, 1.807) is 42.5 Å². The first-order valence-corrected chi connectivity index (χ1v) is 12.0. The summed E-state index contributed by atoms with van der Waals surface area (Å²) in [4.78, 5) is 12.7. The van der Waals surface area contributed by atoms with Gasteiger partial charge in [0.25, 0.3) is 15.9 Å². The Balaban J connectivity index is 1.88. The van der Waals surface area contributed by atoms with E-state index in [1.807, 2.05) is 0 Å². The number of rotatable bonds is 9. The normalized spacial score (nSPS) is 11.3. The van der Waals surface area contributed by atoms with Gasteiger partial charge in [0.1, 0.15) is 6.54 Å². The van der Waals surface area contributed by atoms with Gasteiger partial charge in [-0.15, -0.1) is 0 Å². The lowest BCUT2D eigenvalue weighted by molar-refractivity contribution is -0.119. The Bertz CT molecular complexity index is 1300. The number of methoxy groups -OCH3 is 2. The molecule has 0 aromatic heterocycles. The van der Waals surface area contributed by atoms with Gasteiger partial charge in [0.05, 0.1) is 41.1 Å². The maximum atomic E-state index is 13.4. The average molecular weight is 522 g/mol. The highest BCUT2D eigenvalue weighted by molar-refractivity contribution is 7.92. The number of anilines is 1. The number of ether oxygens (including phenoxy) is 2. The van der Waals surface area contributed by atoms with Crippen LogP contribution in [0, 0.1) is 0 Å². The third-order valence-electron chi connectivity index (χ3n) is 4.64. The van der Waals surface area contributed by atoms with Crippen molar-refractivity contribution in [1.82, 2.24) is 5.43 Å². The van der Waals surface area contributed by atoms with Crippen molar-refractivity contribution < 1.29 is 22.7 Å². The largest absolute Gasteiger partial charge is 0.493 e. The SMILES string of the molecule is COc1cccc(/C=N/NC(=O)CN(c2cccc(Cl)c2Cl)S(=O)(=O)c2ccccc2)c1OC. The molecule has 0 spiro atoms. The number of hydrazone groups is 1. The number of para-hydroxylation sites is 1. The van der Waals surface area contributed by atoms with E-state index in [9.17, 15) is 13.2 Å². The monoisotopic (exact) mass is 521 g/mol. The summed E-state index contributed by atoms with van der Waals surface area (Å²) in [7, 11) is -1.16. The van der Waals surface area contributed by atoms with Crippen molar-refractivity contribution in [3.63, 3.8) is 0 Å². The average Bonchev–Trinajstić information content (AvgIpc) is 2.84. The van der Waals surface area contributed by atoms with E-state index in [0.29, 0.717) is 17.1 Å². The van der Waals surface area contributed by atoms with Crippen molar-refractivity contribution in [3.05, 3.63) is 82.3 Å². The van der Waals surface area contributed by atoms with Gasteiger partial charge in [0, 0.05) is 5.56 Å². The van der Waals surface area contributed by atoms with E-state index in [-0.39, 0.29) is 20.6 Å². The summed E-state index contributed by atoms with van der Waals surface area (Å²) in [5.74, 6) is 0.226. The Labute approximate surface area is 207 Å². The van der Waals surface area contributed by atoms with Crippen LogP contribution < -0.4 is 19.2 Å². The lowest BCUT2D eigenvalue weighted by Crippen LogP contribution is -2.39. The maximum absolute atomic E-state index is 13.4. The number of carbonyl (C=O) groups is 1. The van der Waals surface area contributed by atoms with Crippen LogP contribution in [0.1, 0.15) is 5.56 Å². The summed E-state index contributed by atoms with van der Waals surface area (Å²) in [6.45, 7) is -0.593. The fourth-order valence-corrected chi connectivity index (χ4v) is 4.96. The van der Waals surface area contributed by atoms with Gasteiger partial charge in [-0.3, -0.25) is 9.10 Å². The molecule has 0 bridgehead atoms. The van der Waals surface area contributed by atoms with Crippen LogP contribution in [-0.4, -0.2) is 41.3 Å². The summed E-state index contributed by atoms with van der Waals surface area (Å²) >= 11 is 12.4. The second-order valence-electron chi connectivity index (χ2n) is 6.77. The third-order valence-corrected chi connectivity index (χ3v) is 7.23. The molecule has 3 aromatic rings. The zero-order valence-electron chi connectivity index (χ0n) is 18.2. The molecule has 0 saturated heterocycles. The minimum atomic E-state index is -4.14. The van der Waals surface area contributed by atoms with Gasteiger partial charge in [-0.05, 0) is 36.4 Å². The van der Waals surface area contributed by atoms with Crippen molar-refractivity contribution in [3.8, 4) is 11.5 Å². The Hall–Kier alpha value is -3.27. The van der Waals surface area contributed by atoms with Crippen molar-refractivity contribution in [2.24, 2.45) is 5.10 Å². The quantitative estimate of drug-likeness (QED) is 0.333. The van der Waals surface area contributed by atoms with Crippen molar-refractivity contribution in [2.45, 2.75) is 4.90 Å². The molecule has 11 heteroatoms. The van der Waals surface area contributed by atoms with Crippen molar-refractivity contribution in [1.29, 1.82) is 0 Å². The van der Waals surface area contributed by atoms with E-state index < -0.39 is 22.5 Å². The number of nitrogens with one attached hydrogen (secondary N) is 1. The predicted octanol–water partition coefficient (Wildman–Crippen LogP) is 4.36. The van der Waals surface area contributed by atoms with Crippen LogP contribution in [0.25, 0.3) is 0 Å². The molecular formula is C23H21Cl2N3O5S. The molecule has 0 atom stereocenters. The van der Waals surface area contributed by atoms with Crippen LogP contribution in [0.2, 0.25) is 10.0 Å². The maximum Gasteiger partial charge on any atom is 0.264 e. The van der Waals surface area contributed by atoms with Crippen LogP contribution in [-0.2, 0) is 14.8 Å². The highest BCUT2D eigenvalue weighted by atomic mass is 35.5. The highest BCUT2D eigenvalue weighted by Gasteiger charge is 2.29. The fraction of sp³-hybridized carbons (Fsp3) is 0.130. The van der Waals surface area contributed by atoms with Crippen LogP contribution in [0.15, 0.2) is 76.7 Å². The first kappa shape index (κ1) is 25.4. The summed E-state index contributed by atoms with van der Waals surface area (Å²) in [5, 5.41) is 4.08. The molecule has 1 N–H and O–H groups in total. The predicted molar refractivity (Wildman–Crippen MR) is 133 cm³/mol. The molecule has 1 amide bonds. The molecule has 34 heavy (non-hydrogen) atoms. The molecule has 0 saturated carbocycles. The van der Waals surface area contributed by atoms with Gasteiger partial charge in [0.15, 0.2) is 11.5 Å².